The molecule has 3 heteroatoms. The molecule has 0 saturated carbocycles. The number of benzene rings is 2. The van der Waals surface area contributed by atoms with Crippen molar-refractivity contribution in [2.75, 3.05) is 0 Å². The molecule has 0 aliphatic rings. The molecular weight excluding hydrogens is 251 g/mol. The van der Waals surface area contributed by atoms with E-state index in [0.717, 1.165) is 5.56 Å². The van der Waals surface area contributed by atoms with Gasteiger partial charge in [0.1, 0.15) is 5.82 Å². The smallest absolute Gasteiger partial charge is 0.130 e. The molecule has 0 aliphatic heterocycles. The van der Waals surface area contributed by atoms with Crippen LogP contribution >= 0.6 is 11.6 Å². The average molecular weight is 265 g/mol. The Labute approximate surface area is 111 Å². The van der Waals surface area contributed by atoms with Crippen molar-refractivity contribution < 1.29 is 9.50 Å². The molecule has 0 bridgehead atoms. The van der Waals surface area contributed by atoms with Crippen LogP contribution in [0.3, 0.4) is 0 Å². The summed E-state index contributed by atoms with van der Waals surface area (Å²) in [6, 6.07) is 14.2. The standard InChI is InChI=1S/C15H14ClFO/c16-12-7-8-13(14(17)10-12)15(18)9-6-11-4-2-1-3-5-11/h1-5,7-8,10,15,18H,6,9H2. The van der Waals surface area contributed by atoms with E-state index in [4.69, 9.17) is 11.6 Å². The lowest BCUT2D eigenvalue weighted by molar-refractivity contribution is 0.163. The molecule has 18 heavy (non-hydrogen) atoms. The van der Waals surface area contributed by atoms with E-state index in [1.54, 1.807) is 6.07 Å². The molecule has 0 spiro atoms. The maximum Gasteiger partial charge on any atom is 0.130 e. The lowest BCUT2D eigenvalue weighted by Gasteiger charge is -2.12. The monoisotopic (exact) mass is 264 g/mol. The van der Waals surface area contributed by atoms with E-state index in [1.165, 1.54) is 12.1 Å². The lowest BCUT2D eigenvalue weighted by atomic mass is 10.0. The molecule has 0 radical (unpaired) electrons. The van der Waals surface area contributed by atoms with Gasteiger partial charge in [-0.25, -0.2) is 4.39 Å². The van der Waals surface area contributed by atoms with Gasteiger partial charge in [-0.3, -0.25) is 0 Å². The van der Waals surface area contributed by atoms with Crippen LogP contribution in [-0.4, -0.2) is 5.11 Å². The molecule has 0 saturated heterocycles. The zero-order chi connectivity index (χ0) is 13.0. The number of aliphatic hydroxyl groups excluding tert-OH is 1. The van der Waals surface area contributed by atoms with Gasteiger partial charge >= 0.3 is 0 Å². The summed E-state index contributed by atoms with van der Waals surface area (Å²) in [5, 5.41) is 10.3. The van der Waals surface area contributed by atoms with Crippen LogP contribution in [-0.2, 0) is 6.42 Å². The molecule has 0 fully saturated rings. The van der Waals surface area contributed by atoms with Gasteiger partial charge in [0.2, 0.25) is 0 Å². The van der Waals surface area contributed by atoms with Gasteiger partial charge in [0.25, 0.3) is 0 Å². The third-order valence-electron chi connectivity index (χ3n) is 2.87. The fourth-order valence-electron chi connectivity index (χ4n) is 1.88. The summed E-state index contributed by atoms with van der Waals surface area (Å²) >= 11 is 5.67. The Morgan fingerprint density at radius 2 is 1.83 bits per heavy atom. The number of hydrogen-bond acceptors (Lipinski definition) is 1. The molecular formula is C15H14ClFO. The first kappa shape index (κ1) is 13.1. The van der Waals surface area contributed by atoms with Gasteiger partial charge in [-0.05, 0) is 30.5 Å². The Kier molecular flexibility index (Phi) is 4.34. The molecule has 2 rings (SSSR count). The Balaban J connectivity index is 2.01. The van der Waals surface area contributed by atoms with E-state index in [9.17, 15) is 9.50 Å². The van der Waals surface area contributed by atoms with Crippen LogP contribution in [0.1, 0.15) is 23.7 Å². The first-order valence-corrected chi connectivity index (χ1v) is 6.21. The minimum atomic E-state index is -0.803. The Bertz CT molecular complexity index is 513. The van der Waals surface area contributed by atoms with Crippen molar-refractivity contribution in [3.63, 3.8) is 0 Å². The molecule has 1 atom stereocenters. The summed E-state index contributed by atoms with van der Waals surface area (Å²) in [5.41, 5.74) is 1.43. The fraction of sp³-hybridized carbons (Fsp3) is 0.200. The average Bonchev–Trinajstić information content (AvgIpc) is 2.37. The normalized spacial score (nSPS) is 12.4. The minimum Gasteiger partial charge on any atom is -0.388 e. The third kappa shape index (κ3) is 3.31. The highest BCUT2D eigenvalue weighted by atomic mass is 35.5. The van der Waals surface area contributed by atoms with Crippen LogP contribution in [0.15, 0.2) is 48.5 Å². The maximum atomic E-state index is 13.6. The number of hydrogen-bond donors (Lipinski definition) is 1. The number of aliphatic hydroxyl groups is 1. The van der Waals surface area contributed by atoms with Gasteiger partial charge in [0.15, 0.2) is 0 Å². The highest BCUT2D eigenvalue weighted by Gasteiger charge is 2.12. The predicted octanol–water partition coefficient (Wildman–Crippen LogP) is 4.15. The highest BCUT2D eigenvalue weighted by Crippen LogP contribution is 2.24. The van der Waals surface area contributed by atoms with Gasteiger partial charge in [0, 0.05) is 10.6 Å². The SMILES string of the molecule is OC(CCc1ccccc1)c1ccc(Cl)cc1F. The molecule has 0 heterocycles. The molecule has 0 aliphatic carbocycles. The fourth-order valence-corrected chi connectivity index (χ4v) is 2.03. The van der Waals surface area contributed by atoms with Crippen molar-refractivity contribution in [3.05, 3.63) is 70.5 Å². The highest BCUT2D eigenvalue weighted by molar-refractivity contribution is 6.30. The Morgan fingerprint density at radius 1 is 1.11 bits per heavy atom. The summed E-state index contributed by atoms with van der Waals surface area (Å²) in [6.45, 7) is 0. The Morgan fingerprint density at radius 3 is 2.50 bits per heavy atom. The minimum absolute atomic E-state index is 0.301. The molecule has 1 N–H and O–H groups in total. The van der Waals surface area contributed by atoms with Crippen molar-refractivity contribution in [2.24, 2.45) is 0 Å². The van der Waals surface area contributed by atoms with E-state index in [0.29, 0.717) is 23.4 Å². The van der Waals surface area contributed by atoms with Crippen LogP contribution in [0.4, 0.5) is 4.39 Å². The molecule has 0 amide bonds. The molecule has 1 unspecified atom stereocenters. The second-order valence-electron chi connectivity index (χ2n) is 4.21. The molecule has 0 aromatic heterocycles. The van der Waals surface area contributed by atoms with Crippen LogP contribution in [0, 0.1) is 5.82 Å². The quantitative estimate of drug-likeness (QED) is 0.880. The molecule has 1 nitrogen and oxygen atoms in total. The van der Waals surface area contributed by atoms with E-state index in [1.807, 2.05) is 30.3 Å². The number of aryl methyl sites for hydroxylation is 1. The van der Waals surface area contributed by atoms with E-state index < -0.39 is 11.9 Å². The van der Waals surface area contributed by atoms with Crippen molar-refractivity contribution >= 4 is 11.6 Å². The van der Waals surface area contributed by atoms with Gasteiger partial charge in [-0.2, -0.15) is 0 Å². The van der Waals surface area contributed by atoms with Gasteiger partial charge < -0.3 is 5.11 Å². The number of rotatable bonds is 4. The summed E-state index contributed by atoms with van der Waals surface area (Å²) in [5.74, 6) is -0.455. The van der Waals surface area contributed by atoms with E-state index >= 15 is 0 Å². The van der Waals surface area contributed by atoms with Gasteiger partial charge in [-0.15, -0.1) is 0 Å². The van der Waals surface area contributed by atoms with E-state index in [-0.39, 0.29) is 0 Å². The summed E-state index contributed by atoms with van der Waals surface area (Å²) in [7, 11) is 0. The Hall–Kier alpha value is -1.38. The van der Waals surface area contributed by atoms with Crippen LogP contribution in [0.25, 0.3) is 0 Å². The van der Waals surface area contributed by atoms with Crippen molar-refractivity contribution in [3.8, 4) is 0 Å². The maximum absolute atomic E-state index is 13.6. The second kappa shape index (κ2) is 5.98. The zero-order valence-corrected chi connectivity index (χ0v) is 10.6. The first-order valence-electron chi connectivity index (χ1n) is 5.84. The molecule has 94 valence electrons. The predicted molar refractivity (Wildman–Crippen MR) is 71.1 cm³/mol. The summed E-state index contributed by atoms with van der Waals surface area (Å²) < 4.78 is 13.6. The molecule has 2 aromatic carbocycles. The first-order chi connectivity index (χ1) is 8.66. The number of halogens is 2. The largest absolute Gasteiger partial charge is 0.388 e. The van der Waals surface area contributed by atoms with E-state index in [2.05, 4.69) is 0 Å². The summed E-state index contributed by atoms with van der Waals surface area (Å²) in [4.78, 5) is 0. The van der Waals surface area contributed by atoms with Crippen LogP contribution in [0.2, 0.25) is 5.02 Å². The van der Waals surface area contributed by atoms with Crippen molar-refractivity contribution in [2.45, 2.75) is 18.9 Å². The van der Waals surface area contributed by atoms with Crippen LogP contribution < -0.4 is 0 Å². The van der Waals surface area contributed by atoms with Gasteiger partial charge in [0.05, 0.1) is 6.10 Å². The third-order valence-corrected chi connectivity index (χ3v) is 3.11. The van der Waals surface area contributed by atoms with Crippen LogP contribution in [0.5, 0.6) is 0 Å². The van der Waals surface area contributed by atoms with Crippen molar-refractivity contribution in [1.29, 1.82) is 0 Å². The topological polar surface area (TPSA) is 20.2 Å². The zero-order valence-electron chi connectivity index (χ0n) is 9.81. The summed E-state index contributed by atoms with van der Waals surface area (Å²) in [6.07, 6.45) is 0.398. The second-order valence-corrected chi connectivity index (χ2v) is 4.64. The lowest BCUT2D eigenvalue weighted by Crippen LogP contribution is -2.02. The van der Waals surface area contributed by atoms with Gasteiger partial charge in [-0.1, -0.05) is 48.0 Å². The van der Waals surface area contributed by atoms with Crippen molar-refractivity contribution in [1.82, 2.24) is 0 Å². The molecule has 2 aromatic rings.